The van der Waals surface area contributed by atoms with Gasteiger partial charge in [-0.3, -0.25) is 4.79 Å². The van der Waals surface area contributed by atoms with Crippen molar-refractivity contribution in [2.75, 3.05) is 0 Å². The van der Waals surface area contributed by atoms with Gasteiger partial charge in [0.1, 0.15) is 0 Å². The number of carbonyl (C=O) groups is 1. The third kappa shape index (κ3) is 1.56. The van der Waals surface area contributed by atoms with Crippen LogP contribution in [0.1, 0.15) is 23.2 Å². The predicted octanol–water partition coefficient (Wildman–Crippen LogP) is 0.960. The second kappa shape index (κ2) is 3.19. The fraction of sp³-hybridized carbons (Fsp3) is 0.364. The minimum Gasteiger partial charge on any atom is -0.359 e. The van der Waals surface area contributed by atoms with E-state index in [1.165, 1.54) is 0 Å². The van der Waals surface area contributed by atoms with E-state index >= 15 is 0 Å². The van der Waals surface area contributed by atoms with Crippen molar-refractivity contribution in [3.63, 3.8) is 0 Å². The standard InChI is InChI=1S/C11H12O3/c12-10(8-4-2-1-3-5-8)11(13,14)9-6-7-9/h1-5,9,13-14H,6-7H2. The molecule has 0 aromatic heterocycles. The highest BCUT2D eigenvalue weighted by Crippen LogP contribution is 2.39. The Kier molecular flexibility index (Phi) is 2.13. The first-order valence-corrected chi connectivity index (χ1v) is 4.67. The van der Waals surface area contributed by atoms with Crippen LogP contribution in [0.3, 0.4) is 0 Å². The molecule has 1 aliphatic rings. The van der Waals surface area contributed by atoms with Gasteiger partial charge in [0.15, 0.2) is 0 Å². The highest BCUT2D eigenvalue weighted by molar-refractivity contribution is 6.01. The molecule has 1 aromatic carbocycles. The predicted molar refractivity (Wildman–Crippen MR) is 50.7 cm³/mol. The average molecular weight is 192 g/mol. The van der Waals surface area contributed by atoms with Gasteiger partial charge in [0.05, 0.1) is 0 Å². The molecule has 1 fully saturated rings. The van der Waals surface area contributed by atoms with Crippen LogP contribution in [0.15, 0.2) is 30.3 Å². The fourth-order valence-electron chi connectivity index (χ4n) is 1.47. The SMILES string of the molecule is O=C(c1ccccc1)C(O)(O)C1CC1. The summed E-state index contributed by atoms with van der Waals surface area (Å²) in [5, 5.41) is 19.2. The van der Waals surface area contributed by atoms with Crippen LogP contribution in [0, 0.1) is 5.92 Å². The maximum absolute atomic E-state index is 11.6. The average Bonchev–Trinajstić information content (AvgIpc) is 3.01. The maximum Gasteiger partial charge on any atom is 0.231 e. The third-order valence-corrected chi connectivity index (χ3v) is 2.52. The molecule has 1 aliphatic carbocycles. The number of hydrogen-bond donors (Lipinski definition) is 2. The second-order valence-corrected chi connectivity index (χ2v) is 3.70. The number of rotatable bonds is 3. The number of aliphatic hydroxyl groups is 2. The maximum atomic E-state index is 11.6. The van der Waals surface area contributed by atoms with E-state index in [9.17, 15) is 15.0 Å². The van der Waals surface area contributed by atoms with E-state index in [0.29, 0.717) is 18.4 Å². The van der Waals surface area contributed by atoms with Gasteiger partial charge in [-0.25, -0.2) is 0 Å². The summed E-state index contributed by atoms with van der Waals surface area (Å²) in [6.07, 6.45) is 1.43. The molecule has 0 radical (unpaired) electrons. The van der Waals surface area contributed by atoms with E-state index in [1.807, 2.05) is 0 Å². The van der Waals surface area contributed by atoms with E-state index in [2.05, 4.69) is 0 Å². The number of hydrogen-bond acceptors (Lipinski definition) is 3. The Morgan fingerprint density at radius 3 is 2.29 bits per heavy atom. The van der Waals surface area contributed by atoms with Gasteiger partial charge in [0.25, 0.3) is 0 Å². The topological polar surface area (TPSA) is 57.5 Å². The summed E-state index contributed by atoms with van der Waals surface area (Å²) in [7, 11) is 0. The monoisotopic (exact) mass is 192 g/mol. The van der Waals surface area contributed by atoms with Crippen molar-refractivity contribution >= 4 is 5.78 Å². The molecule has 3 heteroatoms. The molecule has 0 amide bonds. The summed E-state index contributed by atoms with van der Waals surface area (Å²) < 4.78 is 0. The van der Waals surface area contributed by atoms with Gasteiger partial charge in [-0.2, -0.15) is 0 Å². The number of carbonyl (C=O) groups excluding carboxylic acids is 1. The Morgan fingerprint density at radius 1 is 1.21 bits per heavy atom. The number of ketones is 1. The van der Waals surface area contributed by atoms with Gasteiger partial charge >= 0.3 is 0 Å². The van der Waals surface area contributed by atoms with Gasteiger partial charge in [-0.05, 0) is 12.8 Å². The quantitative estimate of drug-likeness (QED) is 0.554. The lowest BCUT2D eigenvalue weighted by atomic mass is 10.00. The van der Waals surface area contributed by atoms with Gasteiger partial charge in [0, 0.05) is 11.5 Å². The summed E-state index contributed by atoms with van der Waals surface area (Å²) in [6, 6.07) is 8.37. The zero-order valence-corrected chi connectivity index (χ0v) is 7.68. The van der Waals surface area contributed by atoms with E-state index in [-0.39, 0.29) is 5.92 Å². The van der Waals surface area contributed by atoms with Crippen LogP contribution >= 0.6 is 0 Å². The molecule has 3 nitrogen and oxygen atoms in total. The zero-order chi connectivity index (χ0) is 10.2. The molecule has 1 saturated carbocycles. The lowest BCUT2D eigenvalue weighted by Gasteiger charge is -2.19. The molecule has 0 bridgehead atoms. The van der Waals surface area contributed by atoms with Crippen LogP contribution in [0.5, 0.6) is 0 Å². The Hall–Kier alpha value is -1.19. The highest BCUT2D eigenvalue weighted by atomic mass is 16.5. The first kappa shape index (κ1) is 9.37. The lowest BCUT2D eigenvalue weighted by Crippen LogP contribution is -2.40. The molecule has 1 aromatic rings. The van der Waals surface area contributed by atoms with Crippen molar-refractivity contribution in [1.82, 2.24) is 0 Å². The van der Waals surface area contributed by atoms with Crippen LogP contribution in [0.2, 0.25) is 0 Å². The van der Waals surface area contributed by atoms with Crippen molar-refractivity contribution in [1.29, 1.82) is 0 Å². The van der Waals surface area contributed by atoms with Gasteiger partial charge in [-0.1, -0.05) is 30.3 Å². The van der Waals surface area contributed by atoms with Crippen molar-refractivity contribution in [2.24, 2.45) is 5.92 Å². The summed E-state index contributed by atoms with van der Waals surface area (Å²) >= 11 is 0. The molecule has 74 valence electrons. The van der Waals surface area contributed by atoms with Crippen molar-refractivity contribution < 1.29 is 15.0 Å². The first-order valence-electron chi connectivity index (χ1n) is 4.67. The van der Waals surface area contributed by atoms with Gasteiger partial charge < -0.3 is 10.2 Å². The Balaban J connectivity index is 2.23. The molecular weight excluding hydrogens is 180 g/mol. The summed E-state index contributed by atoms with van der Waals surface area (Å²) in [6.45, 7) is 0. The largest absolute Gasteiger partial charge is 0.359 e. The summed E-state index contributed by atoms with van der Waals surface area (Å²) in [4.78, 5) is 11.6. The van der Waals surface area contributed by atoms with Crippen LogP contribution in [-0.2, 0) is 0 Å². The Morgan fingerprint density at radius 2 is 1.79 bits per heavy atom. The molecule has 2 N–H and O–H groups in total. The molecule has 0 atom stereocenters. The Labute approximate surface area is 82.0 Å². The molecule has 0 heterocycles. The summed E-state index contributed by atoms with van der Waals surface area (Å²) in [5.41, 5.74) is 0.351. The van der Waals surface area contributed by atoms with Crippen LogP contribution < -0.4 is 0 Å². The smallest absolute Gasteiger partial charge is 0.231 e. The van der Waals surface area contributed by atoms with Crippen LogP contribution in [0.25, 0.3) is 0 Å². The normalized spacial score (nSPS) is 16.7. The van der Waals surface area contributed by atoms with E-state index in [1.54, 1.807) is 30.3 Å². The van der Waals surface area contributed by atoms with E-state index < -0.39 is 11.6 Å². The van der Waals surface area contributed by atoms with Crippen molar-refractivity contribution in [3.05, 3.63) is 35.9 Å². The molecule has 0 saturated heterocycles. The number of benzene rings is 1. The lowest BCUT2D eigenvalue weighted by molar-refractivity contribution is -0.136. The van der Waals surface area contributed by atoms with E-state index in [4.69, 9.17) is 0 Å². The number of Topliss-reactive ketones (excluding diaryl/α,β-unsaturated/α-hetero) is 1. The van der Waals surface area contributed by atoms with E-state index in [0.717, 1.165) is 0 Å². The van der Waals surface area contributed by atoms with Crippen molar-refractivity contribution in [3.8, 4) is 0 Å². The van der Waals surface area contributed by atoms with Crippen LogP contribution in [0.4, 0.5) is 0 Å². The van der Waals surface area contributed by atoms with Gasteiger partial charge in [-0.15, -0.1) is 0 Å². The zero-order valence-electron chi connectivity index (χ0n) is 7.68. The molecule has 0 spiro atoms. The van der Waals surface area contributed by atoms with Crippen molar-refractivity contribution in [2.45, 2.75) is 18.6 Å². The molecule has 14 heavy (non-hydrogen) atoms. The second-order valence-electron chi connectivity index (χ2n) is 3.70. The minimum absolute atomic E-state index is 0.282. The molecule has 0 aliphatic heterocycles. The molecular formula is C11H12O3. The molecule has 2 rings (SSSR count). The highest BCUT2D eigenvalue weighted by Gasteiger charge is 2.48. The third-order valence-electron chi connectivity index (χ3n) is 2.52. The Bertz CT molecular complexity index is 339. The van der Waals surface area contributed by atoms with Crippen LogP contribution in [-0.4, -0.2) is 21.8 Å². The fourth-order valence-corrected chi connectivity index (χ4v) is 1.47. The molecule has 0 unspecified atom stereocenters. The summed E-state index contributed by atoms with van der Waals surface area (Å²) in [5.74, 6) is -3.04. The van der Waals surface area contributed by atoms with Gasteiger partial charge in [0.2, 0.25) is 11.6 Å². The minimum atomic E-state index is -2.17. The first-order chi connectivity index (χ1) is 6.62.